The van der Waals surface area contributed by atoms with Gasteiger partial charge in [0.2, 0.25) is 0 Å². The minimum Gasteiger partial charge on any atom is -0.501 e. The molecule has 36 heavy (non-hydrogen) atoms. The Balaban J connectivity index is 0.00000291. The molecule has 0 aromatic heterocycles. The molecule has 1 saturated heterocycles. The maximum absolute atomic E-state index is 6.28. The Morgan fingerprint density at radius 1 is 1.14 bits per heavy atom. The van der Waals surface area contributed by atoms with Crippen molar-refractivity contribution in [2.75, 3.05) is 33.3 Å². The predicted octanol–water partition coefficient (Wildman–Crippen LogP) is 6.51. The topological polar surface area (TPSA) is 57.0 Å². The van der Waals surface area contributed by atoms with Gasteiger partial charge in [-0.05, 0) is 56.6 Å². The first kappa shape index (κ1) is 33.4. The second kappa shape index (κ2) is 18.6. The van der Waals surface area contributed by atoms with Gasteiger partial charge in [0.15, 0.2) is 0 Å². The van der Waals surface area contributed by atoms with Crippen molar-refractivity contribution in [1.82, 2.24) is 20.1 Å². The SMILES string of the molecule is C=C/C(=C\C=C(/C)OC)N1CCN(C2=CC=C(NC(=C)N(N)C(CC)CC)[C@H](C)C2)CC1.CC.CC. The lowest BCUT2D eigenvalue weighted by Gasteiger charge is -2.40. The quantitative estimate of drug-likeness (QED) is 0.146. The molecular weight excluding hydrogens is 446 g/mol. The van der Waals surface area contributed by atoms with Gasteiger partial charge < -0.3 is 19.9 Å². The van der Waals surface area contributed by atoms with Crippen molar-refractivity contribution in [3.8, 4) is 0 Å². The lowest BCUT2D eigenvalue weighted by Crippen LogP contribution is -2.46. The zero-order valence-electron chi connectivity index (χ0n) is 24.7. The van der Waals surface area contributed by atoms with E-state index in [4.69, 9.17) is 10.6 Å². The molecule has 6 nitrogen and oxygen atoms in total. The van der Waals surface area contributed by atoms with Crippen LogP contribution in [0.1, 0.15) is 74.7 Å². The van der Waals surface area contributed by atoms with E-state index in [1.54, 1.807) is 12.1 Å². The summed E-state index contributed by atoms with van der Waals surface area (Å²) in [7, 11) is 1.69. The predicted molar refractivity (Wildman–Crippen MR) is 158 cm³/mol. The number of nitrogens with zero attached hydrogens (tertiary/aromatic N) is 3. The second-order valence-electron chi connectivity index (χ2n) is 8.59. The Morgan fingerprint density at radius 2 is 1.72 bits per heavy atom. The summed E-state index contributed by atoms with van der Waals surface area (Å²) in [6.07, 6.45) is 13.5. The van der Waals surface area contributed by atoms with Crippen LogP contribution in [0.2, 0.25) is 0 Å². The Bertz CT molecular complexity index is 768. The lowest BCUT2D eigenvalue weighted by molar-refractivity contribution is 0.188. The van der Waals surface area contributed by atoms with Crippen molar-refractivity contribution in [2.45, 2.75) is 80.7 Å². The van der Waals surface area contributed by atoms with E-state index in [1.807, 2.05) is 46.8 Å². The molecule has 206 valence electrons. The summed E-state index contributed by atoms with van der Waals surface area (Å²) in [5.74, 6) is 8.33. The number of nitrogens with one attached hydrogen (secondary N) is 1. The smallest absolute Gasteiger partial charge is 0.113 e. The molecule has 0 radical (unpaired) electrons. The first-order valence-electron chi connectivity index (χ1n) is 13.8. The molecule has 0 spiro atoms. The number of allylic oxidation sites excluding steroid dienone is 8. The van der Waals surface area contributed by atoms with E-state index >= 15 is 0 Å². The van der Waals surface area contributed by atoms with Crippen LogP contribution in [0.4, 0.5) is 0 Å². The molecule has 0 unspecified atom stereocenters. The fraction of sp³-hybridized carbons (Fsp3) is 0.600. The monoisotopic (exact) mass is 501 g/mol. The molecule has 0 amide bonds. The maximum atomic E-state index is 6.28. The molecule has 1 atom stereocenters. The molecule has 3 N–H and O–H groups in total. The van der Waals surface area contributed by atoms with E-state index < -0.39 is 0 Å². The van der Waals surface area contributed by atoms with Crippen LogP contribution in [0, 0.1) is 5.92 Å². The van der Waals surface area contributed by atoms with Gasteiger partial charge >= 0.3 is 0 Å². The van der Waals surface area contributed by atoms with E-state index in [0.29, 0.717) is 12.0 Å². The molecule has 0 bridgehead atoms. The van der Waals surface area contributed by atoms with Crippen LogP contribution in [-0.2, 0) is 4.74 Å². The first-order valence-corrected chi connectivity index (χ1v) is 13.8. The van der Waals surface area contributed by atoms with Crippen molar-refractivity contribution in [1.29, 1.82) is 0 Å². The minimum absolute atomic E-state index is 0.306. The highest BCUT2D eigenvalue weighted by Gasteiger charge is 2.24. The number of ether oxygens (including phenoxy) is 1. The van der Waals surface area contributed by atoms with E-state index in [-0.39, 0.29) is 0 Å². The van der Waals surface area contributed by atoms with E-state index in [1.165, 1.54) is 11.4 Å². The molecule has 0 aromatic carbocycles. The number of hydrogen-bond acceptors (Lipinski definition) is 6. The average molecular weight is 502 g/mol. The summed E-state index contributed by atoms with van der Waals surface area (Å²) in [5.41, 5.74) is 3.72. The van der Waals surface area contributed by atoms with Crippen molar-refractivity contribution in [2.24, 2.45) is 11.8 Å². The van der Waals surface area contributed by atoms with Crippen LogP contribution < -0.4 is 11.2 Å². The van der Waals surface area contributed by atoms with Crippen LogP contribution in [-0.4, -0.2) is 54.1 Å². The van der Waals surface area contributed by atoms with Crippen LogP contribution in [0.25, 0.3) is 0 Å². The van der Waals surface area contributed by atoms with Gasteiger partial charge in [0.05, 0.1) is 12.9 Å². The molecule has 1 aliphatic heterocycles. The highest BCUT2D eigenvalue weighted by atomic mass is 16.5. The minimum atomic E-state index is 0.306. The molecule has 1 fully saturated rings. The Hall–Kier alpha value is -2.60. The molecule has 0 aromatic rings. The summed E-state index contributed by atoms with van der Waals surface area (Å²) in [4.78, 5) is 4.89. The van der Waals surface area contributed by atoms with Gasteiger partial charge in [0.1, 0.15) is 5.82 Å². The molecule has 2 aliphatic rings. The van der Waals surface area contributed by atoms with Crippen molar-refractivity contribution in [3.63, 3.8) is 0 Å². The fourth-order valence-corrected chi connectivity index (χ4v) is 4.20. The van der Waals surface area contributed by atoms with Crippen LogP contribution >= 0.6 is 0 Å². The van der Waals surface area contributed by atoms with Gasteiger partial charge in [-0.3, -0.25) is 5.01 Å². The van der Waals surface area contributed by atoms with Gasteiger partial charge in [0.25, 0.3) is 0 Å². The van der Waals surface area contributed by atoms with Crippen molar-refractivity contribution in [3.05, 3.63) is 72.2 Å². The maximum Gasteiger partial charge on any atom is 0.113 e. The number of methoxy groups -OCH3 is 1. The molecule has 2 rings (SSSR count). The Morgan fingerprint density at radius 3 is 2.19 bits per heavy atom. The summed E-state index contributed by atoms with van der Waals surface area (Å²) >= 11 is 0. The summed E-state index contributed by atoms with van der Waals surface area (Å²) in [6, 6.07) is 0.306. The molecule has 1 heterocycles. The van der Waals surface area contributed by atoms with Crippen molar-refractivity contribution < 1.29 is 4.74 Å². The normalized spacial score (nSPS) is 18.1. The number of piperazine rings is 1. The number of hydrazine groups is 1. The number of hydrogen-bond donors (Lipinski definition) is 2. The van der Waals surface area contributed by atoms with Gasteiger partial charge in [-0.1, -0.05) is 61.6 Å². The van der Waals surface area contributed by atoms with Crippen LogP contribution in [0.15, 0.2) is 72.2 Å². The molecule has 1 aliphatic carbocycles. The highest BCUT2D eigenvalue weighted by molar-refractivity contribution is 5.28. The van der Waals surface area contributed by atoms with Crippen LogP contribution in [0.3, 0.4) is 0 Å². The number of nitrogens with two attached hydrogens (primary N) is 1. The van der Waals surface area contributed by atoms with Gasteiger partial charge in [-0.15, -0.1) is 0 Å². The first-order chi connectivity index (χ1) is 17.3. The molecule has 0 saturated carbocycles. The Kier molecular flexibility index (Phi) is 17.3. The van der Waals surface area contributed by atoms with Gasteiger partial charge in [-0.2, -0.15) is 0 Å². The average Bonchev–Trinajstić information content (AvgIpc) is 2.93. The van der Waals surface area contributed by atoms with Crippen molar-refractivity contribution >= 4 is 0 Å². The summed E-state index contributed by atoms with van der Waals surface area (Å²) in [6.45, 7) is 28.6. The third-order valence-electron chi connectivity index (χ3n) is 6.51. The van der Waals surface area contributed by atoms with Gasteiger partial charge in [-0.25, -0.2) is 5.84 Å². The lowest BCUT2D eigenvalue weighted by atomic mass is 9.95. The zero-order valence-corrected chi connectivity index (χ0v) is 24.7. The fourth-order valence-electron chi connectivity index (χ4n) is 4.20. The summed E-state index contributed by atoms with van der Waals surface area (Å²) in [5, 5.41) is 5.24. The summed E-state index contributed by atoms with van der Waals surface area (Å²) < 4.78 is 5.23. The van der Waals surface area contributed by atoms with E-state index in [0.717, 1.165) is 62.7 Å². The number of rotatable bonds is 11. The zero-order chi connectivity index (χ0) is 27.7. The standard InChI is InChI=1S/C26H43N5O.2C2H6/c1-8-23(9-2)31(27)22(6)28-26-14-13-25(19-20(26)4)30-17-15-29(16-18-30)24(10-3)12-11-21(5)32-7;2*1-2/h10-14,20,23,28H,3,6,8-9,15-19,27H2,1-2,4-5,7H3;2*1-2H3/b21-11+,24-12+;;/t20-;;/m1../s1. The van der Waals surface area contributed by atoms with Crippen LogP contribution in [0.5, 0.6) is 0 Å². The second-order valence-corrected chi connectivity index (χ2v) is 8.59. The highest BCUT2D eigenvalue weighted by Crippen LogP contribution is 2.28. The van der Waals surface area contributed by atoms with E-state index in [9.17, 15) is 0 Å². The van der Waals surface area contributed by atoms with Gasteiger partial charge in [0, 0.05) is 55.2 Å². The van der Waals surface area contributed by atoms with E-state index in [2.05, 4.69) is 67.3 Å². The molecule has 6 heteroatoms. The Labute approximate surface area is 222 Å². The third kappa shape index (κ3) is 10.2. The third-order valence-corrected chi connectivity index (χ3v) is 6.51. The molecular formula is C30H55N5O. The largest absolute Gasteiger partial charge is 0.501 e.